The lowest BCUT2D eigenvalue weighted by molar-refractivity contribution is -0.144. The Morgan fingerprint density at radius 2 is 1.75 bits per heavy atom. The lowest BCUT2D eigenvalue weighted by Gasteiger charge is -2.35. The lowest BCUT2D eigenvalue weighted by Crippen LogP contribution is -2.57. The molecule has 2 aromatic carbocycles. The van der Waals surface area contributed by atoms with Gasteiger partial charge in [0.15, 0.2) is 11.3 Å². The average molecular weight is 837 g/mol. The van der Waals surface area contributed by atoms with Gasteiger partial charge in [-0.25, -0.2) is 4.98 Å². The van der Waals surface area contributed by atoms with Crippen LogP contribution >= 0.6 is 11.3 Å². The van der Waals surface area contributed by atoms with Gasteiger partial charge in [0, 0.05) is 38.0 Å². The molecule has 2 saturated heterocycles. The number of anilines is 1. The monoisotopic (exact) mass is 836 g/mol. The number of para-hydroxylation sites is 1. The van der Waals surface area contributed by atoms with E-state index in [2.05, 4.69) is 35.8 Å². The van der Waals surface area contributed by atoms with E-state index in [1.807, 2.05) is 81.2 Å². The summed E-state index contributed by atoms with van der Waals surface area (Å²) in [5.74, 6) is -0.481. The quantitative estimate of drug-likeness (QED) is 0.0952. The van der Waals surface area contributed by atoms with Crippen LogP contribution in [0.5, 0.6) is 5.75 Å². The number of nitrogens with zero attached hydrogens (tertiary/aromatic N) is 7. The van der Waals surface area contributed by atoms with Crippen LogP contribution < -0.4 is 16.4 Å². The number of thiazole rings is 1. The molecule has 2 unspecified atom stereocenters. The smallest absolute Gasteiger partial charge is 0.246 e. The second-order valence-corrected chi connectivity index (χ2v) is 18.1. The van der Waals surface area contributed by atoms with Crippen LogP contribution in [0.4, 0.5) is 5.82 Å². The molecule has 0 aliphatic carbocycles. The Kier molecular flexibility index (Phi) is 12.8. The predicted octanol–water partition coefficient (Wildman–Crippen LogP) is 5.39. The second-order valence-electron chi connectivity index (χ2n) is 17.2. The summed E-state index contributed by atoms with van der Waals surface area (Å²) >= 11 is 1.58. The maximum atomic E-state index is 14.1. The Morgan fingerprint density at radius 1 is 1.02 bits per heavy atom. The summed E-state index contributed by atoms with van der Waals surface area (Å²) in [4.78, 5) is 50.4. The molecule has 4 atom stereocenters. The van der Waals surface area contributed by atoms with Gasteiger partial charge in [0.1, 0.15) is 17.8 Å². The molecule has 15 nitrogen and oxygen atoms in total. The van der Waals surface area contributed by atoms with Gasteiger partial charge >= 0.3 is 0 Å². The number of benzene rings is 2. The van der Waals surface area contributed by atoms with E-state index in [0.29, 0.717) is 29.0 Å². The molecule has 16 heteroatoms. The number of unbranched alkanes of at least 4 members (excludes halogenated alkanes) is 1. The van der Waals surface area contributed by atoms with Gasteiger partial charge in [0.05, 0.1) is 45.5 Å². The van der Waals surface area contributed by atoms with E-state index in [4.69, 9.17) is 5.73 Å². The van der Waals surface area contributed by atoms with Crippen molar-refractivity contribution in [1.82, 2.24) is 45.4 Å². The van der Waals surface area contributed by atoms with Crippen molar-refractivity contribution in [2.24, 2.45) is 5.41 Å². The summed E-state index contributed by atoms with van der Waals surface area (Å²) in [7, 11) is 0. The SMILES string of the molecule is Cc1ncsc1-c1ccc(C(C)NC(=O)[C@@H]2C[C@@H](O)CN2C(=O)C(NC(=O)CCCCN2CCC(n3nc(N)c4nnc(-c5ccccc5O)cc43)CC2)C(C)(C)C)cc1. The molecule has 7 rings (SSSR count). The summed E-state index contributed by atoms with van der Waals surface area (Å²) in [6.07, 6.45) is 2.74. The average Bonchev–Trinajstić information content (AvgIpc) is 3.94. The molecule has 0 radical (unpaired) electrons. The molecule has 2 aliphatic heterocycles. The largest absolute Gasteiger partial charge is 0.507 e. The van der Waals surface area contributed by atoms with E-state index >= 15 is 0 Å². The zero-order valence-electron chi connectivity index (χ0n) is 35.0. The first-order valence-electron chi connectivity index (χ1n) is 20.8. The van der Waals surface area contributed by atoms with Gasteiger partial charge in [-0.1, -0.05) is 57.2 Å². The number of β-amino-alcohol motifs (C(OH)–C–C–N with tert-alkyl or cyclic N) is 1. The number of piperidine rings is 1. The number of aliphatic hydroxyl groups excluding tert-OH is 1. The van der Waals surface area contributed by atoms with Crippen molar-refractivity contribution in [3.63, 3.8) is 0 Å². The minimum Gasteiger partial charge on any atom is -0.507 e. The van der Waals surface area contributed by atoms with E-state index in [1.165, 1.54) is 4.90 Å². The van der Waals surface area contributed by atoms with Crippen LogP contribution in [-0.4, -0.2) is 107 Å². The third-order valence-corrected chi connectivity index (χ3v) is 12.7. The third-order valence-electron chi connectivity index (χ3n) is 11.8. The first-order chi connectivity index (χ1) is 28.7. The molecule has 0 bridgehead atoms. The van der Waals surface area contributed by atoms with Gasteiger partial charge in [-0.15, -0.1) is 21.5 Å². The number of amides is 3. The molecule has 0 spiro atoms. The predicted molar refractivity (Wildman–Crippen MR) is 232 cm³/mol. The first kappa shape index (κ1) is 42.7. The van der Waals surface area contributed by atoms with Crippen LogP contribution in [0.2, 0.25) is 0 Å². The highest BCUT2D eigenvalue weighted by Gasteiger charge is 2.44. The zero-order valence-corrected chi connectivity index (χ0v) is 35.8. The number of likely N-dealkylation sites (tertiary alicyclic amines) is 2. The third kappa shape index (κ3) is 9.45. The van der Waals surface area contributed by atoms with E-state index in [0.717, 1.165) is 66.1 Å². The molecule has 0 saturated carbocycles. The van der Waals surface area contributed by atoms with E-state index < -0.39 is 23.6 Å². The van der Waals surface area contributed by atoms with Gasteiger partial charge in [-0.2, -0.15) is 5.10 Å². The summed E-state index contributed by atoms with van der Waals surface area (Å²) in [5.41, 5.74) is 12.8. The number of fused-ring (bicyclic) bond motifs is 1. The number of aromatic hydroxyl groups is 1. The fraction of sp³-hybridized carbons (Fsp3) is 0.477. The molecular formula is C44H56N10O5S. The van der Waals surface area contributed by atoms with Crippen molar-refractivity contribution in [1.29, 1.82) is 0 Å². The minimum absolute atomic E-state index is 0.0186. The zero-order chi connectivity index (χ0) is 42.7. The first-order valence-corrected chi connectivity index (χ1v) is 21.7. The minimum atomic E-state index is -0.877. The Labute approximate surface area is 354 Å². The normalized spacial score (nSPS) is 18.7. The summed E-state index contributed by atoms with van der Waals surface area (Å²) in [6, 6.07) is 14.9. The number of aromatic nitrogens is 5. The number of aryl methyl sites for hydroxylation is 1. The Morgan fingerprint density at radius 3 is 2.43 bits per heavy atom. The second kappa shape index (κ2) is 18.0. The van der Waals surface area contributed by atoms with Crippen LogP contribution in [0.15, 0.2) is 60.1 Å². The number of nitrogens with two attached hydrogens (primary N) is 1. The topological polar surface area (TPSA) is 205 Å². The number of aliphatic hydroxyl groups is 1. The highest BCUT2D eigenvalue weighted by atomic mass is 32.1. The van der Waals surface area contributed by atoms with E-state index in [1.54, 1.807) is 29.5 Å². The fourth-order valence-corrected chi connectivity index (χ4v) is 9.13. The molecule has 2 aliphatic rings. The molecule has 3 amide bonds. The van der Waals surface area contributed by atoms with Crippen molar-refractivity contribution >= 4 is 45.9 Å². The maximum Gasteiger partial charge on any atom is 0.246 e. The Balaban J connectivity index is 0.887. The number of nitrogens with one attached hydrogen (secondary N) is 2. The van der Waals surface area contributed by atoms with Gasteiger partial charge in [-0.05, 0) is 80.8 Å². The maximum absolute atomic E-state index is 14.1. The van der Waals surface area contributed by atoms with Crippen LogP contribution in [-0.2, 0) is 14.4 Å². The molecule has 318 valence electrons. The lowest BCUT2D eigenvalue weighted by atomic mass is 9.85. The molecule has 2 fully saturated rings. The molecule has 6 N–H and O–H groups in total. The Hall–Kier alpha value is -5.45. The van der Waals surface area contributed by atoms with Crippen molar-refractivity contribution in [2.75, 3.05) is 31.9 Å². The van der Waals surface area contributed by atoms with Crippen LogP contribution in [0, 0.1) is 12.3 Å². The van der Waals surface area contributed by atoms with E-state index in [-0.39, 0.29) is 54.9 Å². The highest BCUT2D eigenvalue weighted by Crippen LogP contribution is 2.33. The molecule has 3 aromatic heterocycles. The Bertz CT molecular complexity index is 2310. The number of phenols is 1. The standard InChI is InChI=1S/C44H56N10O5S/c1-26(28-13-15-29(16-14-28)39-27(2)46-25-60-39)47-42(58)35-22-31(55)24-53(35)43(59)40(44(3,4)5)48-37(57)12-8-9-19-52-20-17-30(18-21-52)54-34-23-33(32-10-6-7-11-36(32)56)49-50-38(34)41(45)51-54/h6-7,10-11,13-16,23,25-26,30-31,35,40,55-56H,8-9,12,17-22,24H2,1-5H3,(H2,45,51)(H,47,58)(H,48,57)/t26?,31-,35+,40?/m1/s1. The van der Waals surface area contributed by atoms with Crippen LogP contribution in [0.3, 0.4) is 0 Å². The van der Waals surface area contributed by atoms with Crippen molar-refractivity contribution in [2.45, 2.75) is 103 Å². The summed E-state index contributed by atoms with van der Waals surface area (Å²) < 4.78 is 1.95. The number of carbonyl (C=O) groups is 3. The molecule has 5 heterocycles. The van der Waals surface area contributed by atoms with Crippen LogP contribution in [0.25, 0.3) is 32.7 Å². The van der Waals surface area contributed by atoms with Crippen molar-refractivity contribution < 1.29 is 24.6 Å². The van der Waals surface area contributed by atoms with Gasteiger partial charge in [-0.3, -0.25) is 19.1 Å². The van der Waals surface area contributed by atoms with Gasteiger partial charge < -0.3 is 36.4 Å². The number of rotatable bonds is 13. The summed E-state index contributed by atoms with van der Waals surface area (Å²) in [5, 5.41) is 40.3. The van der Waals surface area contributed by atoms with Crippen LogP contribution in [0.1, 0.15) is 89.6 Å². The number of phenolic OH excluding ortho intramolecular Hbond substituents is 1. The number of carbonyl (C=O) groups excluding carboxylic acids is 3. The number of nitrogen functional groups attached to an aromatic ring is 1. The van der Waals surface area contributed by atoms with Crippen molar-refractivity contribution in [3.05, 3.63) is 71.4 Å². The number of hydrogen-bond donors (Lipinski definition) is 5. The van der Waals surface area contributed by atoms with Gasteiger partial charge in [0.25, 0.3) is 0 Å². The van der Waals surface area contributed by atoms with Gasteiger partial charge in [0.2, 0.25) is 17.7 Å². The molecule has 60 heavy (non-hydrogen) atoms. The highest BCUT2D eigenvalue weighted by molar-refractivity contribution is 7.13. The summed E-state index contributed by atoms with van der Waals surface area (Å²) in [6.45, 7) is 12.1. The van der Waals surface area contributed by atoms with E-state index in [9.17, 15) is 24.6 Å². The molecule has 5 aromatic rings. The molecular weight excluding hydrogens is 781 g/mol. The van der Waals surface area contributed by atoms with Crippen molar-refractivity contribution in [3.8, 4) is 27.4 Å². The fourth-order valence-electron chi connectivity index (χ4n) is 8.31. The number of hydrogen-bond acceptors (Lipinski definition) is 12.